The van der Waals surface area contributed by atoms with Gasteiger partial charge in [0.05, 0.1) is 0 Å². The Hall–Kier alpha value is -0.380. The first-order chi connectivity index (χ1) is 8.09. The standard InChI is InChI=1S/C13H27N3S/c1-5-14-12(15-8-6-10-17-4)16-9-7-13(2,3)11-16/h5-11H2,1-4H3,(H,14,15). The Balaban J connectivity index is 2.47. The monoisotopic (exact) mass is 257 g/mol. The van der Waals surface area contributed by atoms with Crippen LogP contribution in [-0.4, -0.2) is 49.0 Å². The van der Waals surface area contributed by atoms with E-state index in [1.165, 1.54) is 18.6 Å². The van der Waals surface area contributed by atoms with Crippen molar-refractivity contribution >= 4 is 17.7 Å². The van der Waals surface area contributed by atoms with Gasteiger partial charge in [0, 0.05) is 26.2 Å². The van der Waals surface area contributed by atoms with Crippen LogP contribution in [0.1, 0.15) is 33.6 Å². The van der Waals surface area contributed by atoms with Crippen molar-refractivity contribution in [1.82, 2.24) is 10.2 Å². The van der Waals surface area contributed by atoms with Crippen LogP contribution in [-0.2, 0) is 0 Å². The minimum absolute atomic E-state index is 0.440. The summed E-state index contributed by atoms with van der Waals surface area (Å²) in [5.74, 6) is 2.31. The molecule has 3 nitrogen and oxygen atoms in total. The normalized spacial score (nSPS) is 19.8. The van der Waals surface area contributed by atoms with Gasteiger partial charge >= 0.3 is 0 Å². The molecule has 0 spiro atoms. The molecule has 0 bridgehead atoms. The van der Waals surface area contributed by atoms with Crippen LogP contribution in [0, 0.1) is 5.41 Å². The molecule has 1 rings (SSSR count). The number of hydrogen-bond acceptors (Lipinski definition) is 2. The molecule has 1 aliphatic heterocycles. The SMILES string of the molecule is CCNC(=NCCCSC)N1CCC(C)(C)C1. The lowest BCUT2D eigenvalue weighted by atomic mass is 9.93. The van der Waals surface area contributed by atoms with Gasteiger partial charge in [-0.25, -0.2) is 0 Å². The van der Waals surface area contributed by atoms with Gasteiger partial charge < -0.3 is 10.2 Å². The molecule has 0 aromatic carbocycles. The molecule has 0 aliphatic carbocycles. The Bertz CT molecular complexity index is 251. The van der Waals surface area contributed by atoms with Crippen molar-refractivity contribution < 1.29 is 0 Å². The van der Waals surface area contributed by atoms with E-state index in [9.17, 15) is 0 Å². The highest BCUT2D eigenvalue weighted by Crippen LogP contribution is 2.28. The van der Waals surface area contributed by atoms with E-state index in [0.717, 1.165) is 32.1 Å². The van der Waals surface area contributed by atoms with E-state index in [1.54, 1.807) is 0 Å². The number of likely N-dealkylation sites (tertiary alicyclic amines) is 1. The van der Waals surface area contributed by atoms with Gasteiger partial charge in [0.1, 0.15) is 0 Å². The predicted octanol–water partition coefficient (Wildman–Crippen LogP) is 2.44. The summed E-state index contributed by atoms with van der Waals surface area (Å²) >= 11 is 1.90. The van der Waals surface area contributed by atoms with Gasteiger partial charge in [0.25, 0.3) is 0 Å². The quantitative estimate of drug-likeness (QED) is 0.466. The topological polar surface area (TPSA) is 27.6 Å². The third-order valence-corrected chi connectivity index (χ3v) is 3.78. The molecule has 0 aromatic rings. The molecule has 17 heavy (non-hydrogen) atoms. The summed E-state index contributed by atoms with van der Waals surface area (Å²) in [6, 6.07) is 0. The zero-order valence-corrected chi connectivity index (χ0v) is 12.6. The van der Waals surface area contributed by atoms with Crippen LogP contribution in [0.5, 0.6) is 0 Å². The fourth-order valence-electron chi connectivity index (χ4n) is 2.11. The van der Waals surface area contributed by atoms with Gasteiger partial charge in [-0.2, -0.15) is 11.8 Å². The van der Waals surface area contributed by atoms with Crippen molar-refractivity contribution in [2.75, 3.05) is 38.2 Å². The summed E-state index contributed by atoms with van der Waals surface area (Å²) in [5, 5.41) is 3.41. The van der Waals surface area contributed by atoms with E-state index < -0.39 is 0 Å². The third kappa shape index (κ3) is 5.19. The number of aliphatic imine (C=N–C) groups is 1. The first kappa shape index (κ1) is 14.7. The molecule has 1 saturated heterocycles. The van der Waals surface area contributed by atoms with Gasteiger partial charge in [-0.3, -0.25) is 4.99 Å². The minimum Gasteiger partial charge on any atom is -0.357 e. The van der Waals surface area contributed by atoms with E-state index in [0.29, 0.717) is 5.41 Å². The molecule has 1 fully saturated rings. The summed E-state index contributed by atoms with van der Waals surface area (Å²) < 4.78 is 0. The number of guanidine groups is 1. The van der Waals surface area contributed by atoms with Gasteiger partial charge in [0.2, 0.25) is 0 Å². The fraction of sp³-hybridized carbons (Fsp3) is 0.923. The minimum atomic E-state index is 0.440. The summed E-state index contributed by atoms with van der Waals surface area (Å²) in [7, 11) is 0. The maximum absolute atomic E-state index is 4.72. The van der Waals surface area contributed by atoms with Crippen LogP contribution in [0.15, 0.2) is 4.99 Å². The Labute approximate surface area is 110 Å². The van der Waals surface area contributed by atoms with Crippen LogP contribution in [0.25, 0.3) is 0 Å². The average molecular weight is 257 g/mol. The number of nitrogens with one attached hydrogen (secondary N) is 1. The lowest BCUT2D eigenvalue weighted by molar-refractivity contribution is 0.370. The van der Waals surface area contributed by atoms with Crippen LogP contribution < -0.4 is 5.32 Å². The van der Waals surface area contributed by atoms with E-state index in [1.807, 2.05) is 11.8 Å². The summed E-state index contributed by atoms with van der Waals surface area (Å²) in [5.41, 5.74) is 0.440. The lowest BCUT2D eigenvalue weighted by Crippen LogP contribution is -2.40. The molecule has 1 N–H and O–H groups in total. The largest absolute Gasteiger partial charge is 0.357 e. The van der Waals surface area contributed by atoms with Crippen molar-refractivity contribution in [1.29, 1.82) is 0 Å². The van der Waals surface area contributed by atoms with Gasteiger partial charge in [-0.15, -0.1) is 0 Å². The highest BCUT2D eigenvalue weighted by Gasteiger charge is 2.30. The smallest absolute Gasteiger partial charge is 0.193 e. The van der Waals surface area contributed by atoms with E-state index in [4.69, 9.17) is 4.99 Å². The molecule has 0 unspecified atom stereocenters. The van der Waals surface area contributed by atoms with E-state index >= 15 is 0 Å². The Morgan fingerprint density at radius 2 is 2.24 bits per heavy atom. The lowest BCUT2D eigenvalue weighted by Gasteiger charge is -2.23. The molecule has 4 heteroatoms. The highest BCUT2D eigenvalue weighted by molar-refractivity contribution is 7.98. The second-order valence-electron chi connectivity index (χ2n) is 5.42. The van der Waals surface area contributed by atoms with Crippen molar-refractivity contribution in [3.8, 4) is 0 Å². The molecule has 0 saturated carbocycles. The summed E-state index contributed by atoms with van der Waals surface area (Å²) in [6.07, 6.45) is 4.59. The molecule has 1 aliphatic rings. The molecule has 100 valence electrons. The maximum atomic E-state index is 4.72. The molecular formula is C13H27N3S. The number of thioether (sulfide) groups is 1. The summed E-state index contributed by atoms with van der Waals surface area (Å²) in [6.45, 7) is 11.0. The molecule has 0 radical (unpaired) electrons. The fourth-order valence-corrected chi connectivity index (χ4v) is 2.53. The molecule has 0 amide bonds. The first-order valence-electron chi connectivity index (χ1n) is 6.61. The van der Waals surface area contributed by atoms with Gasteiger partial charge in [-0.05, 0) is 37.2 Å². The van der Waals surface area contributed by atoms with E-state index in [-0.39, 0.29) is 0 Å². The Kier molecular flexibility index (Phi) is 6.17. The highest BCUT2D eigenvalue weighted by atomic mass is 32.2. The molecule has 0 aromatic heterocycles. The zero-order valence-electron chi connectivity index (χ0n) is 11.8. The van der Waals surface area contributed by atoms with Crippen LogP contribution in [0.4, 0.5) is 0 Å². The molecule has 0 atom stereocenters. The second-order valence-corrected chi connectivity index (χ2v) is 6.40. The zero-order chi connectivity index (χ0) is 12.7. The second kappa shape index (κ2) is 7.14. The molecular weight excluding hydrogens is 230 g/mol. The number of rotatable bonds is 5. The van der Waals surface area contributed by atoms with Crippen molar-refractivity contribution in [2.45, 2.75) is 33.6 Å². The molecule has 1 heterocycles. The number of nitrogens with zero attached hydrogens (tertiary/aromatic N) is 2. The first-order valence-corrected chi connectivity index (χ1v) is 8.00. The number of hydrogen-bond donors (Lipinski definition) is 1. The van der Waals surface area contributed by atoms with Crippen LogP contribution >= 0.6 is 11.8 Å². The van der Waals surface area contributed by atoms with Crippen molar-refractivity contribution in [3.63, 3.8) is 0 Å². The van der Waals surface area contributed by atoms with Crippen molar-refractivity contribution in [3.05, 3.63) is 0 Å². The maximum Gasteiger partial charge on any atom is 0.193 e. The van der Waals surface area contributed by atoms with E-state index in [2.05, 4.69) is 37.2 Å². The van der Waals surface area contributed by atoms with Crippen molar-refractivity contribution in [2.24, 2.45) is 10.4 Å². The summed E-state index contributed by atoms with van der Waals surface area (Å²) in [4.78, 5) is 7.12. The van der Waals surface area contributed by atoms with Crippen LogP contribution in [0.3, 0.4) is 0 Å². The Morgan fingerprint density at radius 3 is 2.76 bits per heavy atom. The average Bonchev–Trinajstić information content (AvgIpc) is 2.63. The predicted molar refractivity (Wildman–Crippen MR) is 78.9 cm³/mol. The van der Waals surface area contributed by atoms with Gasteiger partial charge in [-0.1, -0.05) is 13.8 Å². The Morgan fingerprint density at radius 1 is 1.47 bits per heavy atom. The van der Waals surface area contributed by atoms with Crippen LogP contribution in [0.2, 0.25) is 0 Å². The van der Waals surface area contributed by atoms with Gasteiger partial charge in [0.15, 0.2) is 5.96 Å². The third-order valence-electron chi connectivity index (χ3n) is 3.08.